The molecule has 0 saturated heterocycles. The third-order valence-electron chi connectivity index (χ3n) is 6.29. The number of benzene rings is 2. The van der Waals surface area contributed by atoms with E-state index in [1.165, 1.54) is 5.56 Å². The zero-order valence-electron chi connectivity index (χ0n) is 19.0. The van der Waals surface area contributed by atoms with E-state index in [0.29, 0.717) is 36.2 Å². The van der Waals surface area contributed by atoms with Gasteiger partial charge in [0.15, 0.2) is 0 Å². The van der Waals surface area contributed by atoms with Gasteiger partial charge in [0.1, 0.15) is 17.5 Å². The van der Waals surface area contributed by atoms with Gasteiger partial charge >= 0.3 is 6.09 Å². The zero-order valence-corrected chi connectivity index (χ0v) is 21.2. The van der Waals surface area contributed by atoms with Gasteiger partial charge in [0.05, 0.1) is 12.0 Å². The van der Waals surface area contributed by atoms with E-state index in [4.69, 9.17) is 44.3 Å². The van der Waals surface area contributed by atoms with Crippen molar-refractivity contribution in [1.82, 2.24) is 9.88 Å². The van der Waals surface area contributed by atoms with Gasteiger partial charge in [-0.15, -0.1) is 23.2 Å². The maximum atomic E-state index is 13.4. The molecule has 5 rings (SSSR count). The summed E-state index contributed by atoms with van der Waals surface area (Å²) in [6.07, 6.45) is 6.09. The number of hydrogen-bond acceptors (Lipinski definition) is 3. The van der Waals surface area contributed by atoms with Crippen molar-refractivity contribution in [3.63, 3.8) is 0 Å². The predicted octanol–water partition coefficient (Wildman–Crippen LogP) is 5.39. The Balaban J connectivity index is 1.50. The van der Waals surface area contributed by atoms with Gasteiger partial charge in [-0.3, -0.25) is 4.90 Å². The van der Waals surface area contributed by atoms with E-state index in [-0.39, 0.29) is 11.4 Å². The molecule has 1 amide bonds. The molecule has 5 nitrogen and oxygen atoms in total. The summed E-state index contributed by atoms with van der Waals surface area (Å²) in [6.45, 7) is 1.08. The Labute approximate surface area is 218 Å². The molecule has 2 aliphatic rings. The van der Waals surface area contributed by atoms with Crippen LogP contribution in [0.15, 0.2) is 48.5 Å². The summed E-state index contributed by atoms with van der Waals surface area (Å²) in [5.74, 6) is 1.77. The number of alkyl halides is 2. The number of carbonyl (C=O) groups excluding carboxylic acids is 1. The van der Waals surface area contributed by atoms with Gasteiger partial charge in [0.25, 0.3) is 0 Å². The van der Waals surface area contributed by atoms with Crippen LogP contribution >= 0.6 is 34.8 Å². The van der Waals surface area contributed by atoms with E-state index >= 15 is 0 Å². The largest absolute Gasteiger partial charge is 0.494 e. The van der Waals surface area contributed by atoms with Gasteiger partial charge in [-0.05, 0) is 66.8 Å². The third kappa shape index (κ3) is 5.18. The number of aromatic nitrogens is 1. The van der Waals surface area contributed by atoms with Gasteiger partial charge in [0.2, 0.25) is 0 Å². The Morgan fingerprint density at radius 3 is 2.57 bits per heavy atom. The minimum absolute atomic E-state index is 0.0295. The highest BCUT2D eigenvalue weighted by Crippen LogP contribution is 2.34. The number of carbonyl (C=O) groups is 1. The molecule has 0 fully saturated rings. The number of aromatic amines is 1. The highest BCUT2D eigenvalue weighted by molar-refractivity contribution is 6.30. The van der Waals surface area contributed by atoms with Gasteiger partial charge in [-0.1, -0.05) is 35.9 Å². The highest BCUT2D eigenvalue weighted by atomic mass is 35.5. The number of hydrogen-bond donors (Lipinski definition) is 1. The monoisotopic (exact) mass is 530 g/mol. The summed E-state index contributed by atoms with van der Waals surface area (Å²) in [5, 5.41) is 2.76. The summed E-state index contributed by atoms with van der Waals surface area (Å²) in [5.41, 5.74) is 3.15. The van der Waals surface area contributed by atoms with Crippen molar-refractivity contribution >= 4 is 53.0 Å². The normalized spacial score (nSPS) is 18.7. The average Bonchev–Trinajstić information content (AvgIpc) is 3.23. The lowest BCUT2D eigenvalue weighted by atomic mass is 9.92. The van der Waals surface area contributed by atoms with E-state index < -0.39 is 6.09 Å². The maximum Gasteiger partial charge on any atom is 0.416 e. The van der Waals surface area contributed by atoms with Crippen molar-refractivity contribution in [3.05, 3.63) is 80.9 Å². The van der Waals surface area contributed by atoms with Crippen molar-refractivity contribution in [2.45, 2.75) is 30.7 Å². The molecule has 0 spiro atoms. The Kier molecular flexibility index (Phi) is 7.28. The fourth-order valence-corrected chi connectivity index (χ4v) is 5.09. The summed E-state index contributed by atoms with van der Waals surface area (Å²) in [4.78, 5) is 18.7. The summed E-state index contributed by atoms with van der Waals surface area (Å²) < 4.78 is 11.5. The molecule has 2 aromatic carbocycles. The fraction of sp³-hybridized carbons (Fsp3) is 0.296. The lowest BCUT2D eigenvalue weighted by molar-refractivity contribution is 0.135. The van der Waals surface area contributed by atoms with Gasteiger partial charge < -0.3 is 14.5 Å². The molecule has 0 bridgehead atoms. The van der Waals surface area contributed by atoms with Crippen LogP contribution in [0.5, 0.6) is 11.5 Å². The van der Waals surface area contributed by atoms with Crippen LogP contribution in [0.2, 0.25) is 5.02 Å². The molecule has 1 aliphatic heterocycles. The molecule has 8 heteroatoms. The number of nitrogens with one attached hydrogen (secondary N) is 1. The van der Waals surface area contributed by atoms with Crippen LogP contribution < -0.4 is 20.0 Å². The molecule has 0 radical (unpaired) electrons. The topological polar surface area (TPSA) is 54.6 Å². The number of amides is 1. The second kappa shape index (κ2) is 10.6. The van der Waals surface area contributed by atoms with E-state index in [1.54, 1.807) is 29.2 Å². The number of fused-ring (bicyclic) bond motifs is 3. The maximum absolute atomic E-state index is 13.4. The van der Waals surface area contributed by atoms with Crippen LogP contribution in [0.1, 0.15) is 35.7 Å². The van der Waals surface area contributed by atoms with Crippen LogP contribution in [-0.4, -0.2) is 40.4 Å². The van der Waals surface area contributed by atoms with E-state index in [9.17, 15) is 4.79 Å². The standard InChI is InChI=1S/C27H25Cl3N2O3/c28-13-1-15-34-20-7-2-17(3-8-20)26-25-22(23-16-19(30)6-11-24(23)31-25)12-14-32(26)27(33)35-21-9-4-18(29)5-10-21/h2-5,7-11,16,19,26,31H,1,6,12-15H2/t19?,26-/m1/s1. The quantitative estimate of drug-likeness (QED) is 0.343. The number of nitrogens with zero attached hydrogens (tertiary/aromatic N) is 1. The third-order valence-corrected chi connectivity index (χ3v) is 7.11. The van der Waals surface area contributed by atoms with Crippen LogP contribution in [-0.2, 0) is 6.42 Å². The lowest BCUT2D eigenvalue weighted by Gasteiger charge is -2.35. The minimum atomic E-state index is -0.416. The second-order valence-electron chi connectivity index (χ2n) is 8.59. The number of ether oxygens (including phenoxy) is 2. The molecule has 0 saturated carbocycles. The predicted molar refractivity (Wildman–Crippen MR) is 140 cm³/mol. The van der Waals surface area contributed by atoms with E-state index in [2.05, 4.69) is 17.1 Å². The Bertz CT molecular complexity index is 1320. The lowest BCUT2D eigenvalue weighted by Crippen LogP contribution is -2.43. The van der Waals surface area contributed by atoms with Crippen molar-refractivity contribution in [2.24, 2.45) is 0 Å². The highest BCUT2D eigenvalue weighted by Gasteiger charge is 2.35. The first kappa shape index (κ1) is 24.1. The summed E-state index contributed by atoms with van der Waals surface area (Å²) >= 11 is 18.2. The zero-order chi connectivity index (χ0) is 24.4. The van der Waals surface area contributed by atoms with E-state index in [0.717, 1.165) is 40.4 Å². The molecule has 1 N–H and O–H groups in total. The molecular weight excluding hydrogens is 507 g/mol. The van der Waals surface area contributed by atoms with Crippen LogP contribution in [0.3, 0.4) is 0 Å². The number of H-pyrrole nitrogens is 1. The van der Waals surface area contributed by atoms with Crippen LogP contribution in [0.25, 0.3) is 12.2 Å². The molecule has 1 aromatic heterocycles. The van der Waals surface area contributed by atoms with Gasteiger partial charge in [-0.2, -0.15) is 0 Å². The van der Waals surface area contributed by atoms with Crippen LogP contribution in [0, 0.1) is 0 Å². The first-order valence-electron chi connectivity index (χ1n) is 11.6. The number of rotatable bonds is 6. The first-order chi connectivity index (χ1) is 17.0. The van der Waals surface area contributed by atoms with Crippen molar-refractivity contribution in [1.29, 1.82) is 0 Å². The average molecular weight is 532 g/mol. The summed E-state index contributed by atoms with van der Waals surface area (Å²) in [7, 11) is 0. The van der Waals surface area contributed by atoms with Gasteiger partial charge in [-0.25, -0.2) is 4.79 Å². The van der Waals surface area contributed by atoms with Crippen LogP contribution in [0.4, 0.5) is 4.79 Å². The Morgan fingerprint density at radius 1 is 1.09 bits per heavy atom. The smallest absolute Gasteiger partial charge is 0.416 e. The Hall–Kier alpha value is -2.60. The minimum Gasteiger partial charge on any atom is -0.494 e. The molecule has 3 aromatic rings. The fourth-order valence-electron chi connectivity index (χ4n) is 4.64. The van der Waals surface area contributed by atoms with Crippen molar-refractivity contribution in [3.8, 4) is 11.5 Å². The molecule has 2 atom stereocenters. The molecule has 182 valence electrons. The second-order valence-corrected chi connectivity index (χ2v) is 9.97. The molecule has 1 unspecified atom stereocenters. The molecule has 35 heavy (non-hydrogen) atoms. The SMILES string of the molecule is O=C(Oc1ccc(Cl)cc1)N1CCc2c([nH]c3c2=CC(Cl)CC=3)[C@H]1c1ccc(OCCCCl)cc1. The van der Waals surface area contributed by atoms with Crippen molar-refractivity contribution in [2.75, 3.05) is 19.0 Å². The summed E-state index contributed by atoms with van der Waals surface area (Å²) in [6, 6.07) is 14.3. The Morgan fingerprint density at radius 2 is 1.83 bits per heavy atom. The van der Waals surface area contributed by atoms with E-state index in [1.807, 2.05) is 24.3 Å². The molecule has 2 heterocycles. The van der Waals surface area contributed by atoms with Crippen molar-refractivity contribution < 1.29 is 14.3 Å². The first-order valence-corrected chi connectivity index (χ1v) is 13.0. The van der Waals surface area contributed by atoms with Gasteiger partial charge in [0, 0.05) is 33.7 Å². The molecule has 1 aliphatic carbocycles. The molecular formula is C27H25Cl3N2O3. The number of halogens is 3.